The lowest BCUT2D eigenvalue weighted by molar-refractivity contribution is 0.289. The van der Waals surface area contributed by atoms with Crippen molar-refractivity contribution in [2.45, 2.75) is 0 Å². The van der Waals surface area contributed by atoms with Crippen molar-refractivity contribution in [3.8, 4) is 0 Å². The fourth-order valence-electron chi connectivity index (χ4n) is 0.375. The van der Waals surface area contributed by atoms with E-state index in [-0.39, 0.29) is 0 Å². The summed E-state index contributed by atoms with van der Waals surface area (Å²) in [5.41, 5.74) is 10.1. The average molecular weight is 141 g/mol. The molecule has 0 aromatic heterocycles. The topological polar surface area (TPSA) is 73.6 Å². The molecule has 0 aliphatic carbocycles. The minimum absolute atomic E-state index is 0.421. The zero-order valence-corrected chi connectivity index (χ0v) is 5.82. The van der Waals surface area contributed by atoms with Gasteiger partial charge in [-0.15, -0.1) is 0 Å². The molecule has 0 rings (SSSR count). The highest BCUT2D eigenvalue weighted by molar-refractivity contribution is 5.52. The van der Waals surface area contributed by atoms with E-state index in [2.05, 4.69) is 4.99 Å². The van der Waals surface area contributed by atoms with Gasteiger partial charge in [-0.3, -0.25) is 0 Å². The van der Waals surface area contributed by atoms with Crippen molar-refractivity contribution in [2.75, 3.05) is 7.11 Å². The summed E-state index contributed by atoms with van der Waals surface area (Å²) in [6.45, 7) is 0. The van der Waals surface area contributed by atoms with Crippen molar-refractivity contribution in [2.24, 2.45) is 16.5 Å². The molecule has 0 aliphatic rings. The minimum Gasteiger partial charge on any atom is -0.481 e. The van der Waals surface area contributed by atoms with Gasteiger partial charge in [0.1, 0.15) is 0 Å². The first-order valence-corrected chi connectivity index (χ1v) is 2.72. The summed E-state index contributed by atoms with van der Waals surface area (Å²) in [4.78, 5) is 3.66. The molecule has 0 fully saturated rings. The molecule has 0 saturated carbocycles. The first-order chi connectivity index (χ1) is 4.85. The molecule has 0 saturated heterocycles. The van der Waals surface area contributed by atoms with Gasteiger partial charge in [-0.1, -0.05) is 0 Å². The molecule has 0 aromatic carbocycles. The van der Waals surface area contributed by atoms with Crippen molar-refractivity contribution in [3.63, 3.8) is 0 Å². The van der Waals surface area contributed by atoms with Crippen LogP contribution in [0, 0.1) is 0 Å². The Hall–Kier alpha value is -1.45. The first-order valence-electron chi connectivity index (χ1n) is 2.72. The summed E-state index contributed by atoms with van der Waals surface area (Å²) in [5.74, 6) is 0.421. The predicted molar refractivity (Wildman–Crippen MR) is 41.1 cm³/mol. The molecule has 0 unspecified atom stereocenters. The van der Waals surface area contributed by atoms with Gasteiger partial charge in [0.05, 0.1) is 13.4 Å². The second-order valence-corrected chi connectivity index (χ2v) is 1.37. The van der Waals surface area contributed by atoms with E-state index in [0.717, 1.165) is 6.34 Å². The summed E-state index contributed by atoms with van der Waals surface area (Å²) in [6, 6.07) is 0. The third-order valence-corrected chi connectivity index (χ3v) is 0.761. The number of aliphatic imine (C=N–C) groups is 1. The second kappa shape index (κ2) is 5.68. The van der Waals surface area contributed by atoms with Gasteiger partial charge in [0.2, 0.25) is 5.88 Å². The third kappa shape index (κ3) is 3.54. The Balaban J connectivity index is 4.04. The van der Waals surface area contributed by atoms with Gasteiger partial charge in [-0.25, -0.2) is 4.99 Å². The van der Waals surface area contributed by atoms with Crippen LogP contribution in [0.3, 0.4) is 0 Å². The molecule has 0 amide bonds. The van der Waals surface area contributed by atoms with E-state index in [9.17, 15) is 0 Å². The van der Waals surface area contributed by atoms with Gasteiger partial charge >= 0.3 is 0 Å². The van der Waals surface area contributed by atoms with E-state index in [4.69, 9.17) is 16.2 Å². The lowest BCUT2D eigenvalue weighted by atomic mass is 10.5. The number of hydrogen-bond acceptors (Lipinski definition) is 3. The largest absolute Gasteiger partial charge is 0.481 e. The molecular formula is C6H11N3O. The number of methoxy groups -OCH3 is 1. The first kappa shape index (κ1) is 8.55. The molecule has 0 radical (unpaired) electrons. The number of rotatable bonds is 3. The van der Waals surface area contributed by atoms with Crippen LogP contribution in [0.5, 0.6) is 0 Å². The molecule has 4 heteroatoms. The quantitative estimate of drug-likeness (QED) is 0.250. The summed E-state index contributed by atoms with van der Waals surface area (Å²) >= 11 is 0. The van der Waals surface area contributed by atoms with Crippen LogP contribution in [0.25, 0.3) is 0 Å². The van der Waals surface area contributed by atoms with Crippen molar-refractivity contribution in [1.82, 2.24) is 0 Å². The Labute approximate surface area is 59.9 Å². The summed E-state index contributed by atoms with van der Waals surface area (Å²) in [6.07, 6.45) is 5.74. The smallest absolute Gasteiger partial charge is 0.214 e. The van der Waals surface area contributed by atoms with Crippen LogP contribution in [0.15, 0.2) is 29.2 Å². The Kier molecular flexibility index (Phi) is 4.86. The monoisotopic (exact) mass is 141 g/mol. The maximum Gasteiger partial charge on any atom is 0.214 e. The SMILES string of the molecule is COC(=C/C=C/N)/N=C/N. The molecule has 0 bridgehead atoms. The number of nitrogens with zero attached hydrogens (tertiary/aromatic N) is 1. The maximum absolute atomic E-state index is 5.06. The molecule has 0 aliphatic heterocycles. The van der Waals surface area contributed by atoms with E-state index in [0.29, 0.717) is 5.88 Å². The van der Waals surface area contributed by atoms with Gasteiger partial charge in [-0.2, -0.15) is 0 Å². The molecule has 4 N–H and O–H groups in total. The maximum atomic E-state index is 5.06. The standard InChI is InChI=1S/C6H11N3O/c1-10-6(9-5-8)3-2-4-7/h2-5H,7H2,1H3,(H2,8,9)/b4-2+,6-3+. The van der Waals surface area contributed by atoms with Gasteiger partial charge in [0.15, 0.2) is 0 Å². The zero-order valence-electron chi connectivity index (χ0n) is 5.82. The number of hydrogen-bond donors (Lipinski definition) is 2. The Morgan fingerprint density at radius 3 is 2.60 bits per heavy atom. The van der Waals surface area contributed by atoms with E-state index in [1.165, 1.54) is 13.3 Å². The molecule has 0 heterocycles. The predicted octanol–water partition coefficient (Wildman–Crippen LogP) is -0.0664. The van der Waals surface area contributed by atoms with Crippen molar-refractivity contribution in [1.29, 1.82) is 0 Å². The Morgan fingerprint density at radius 1 is 1.50 bits per heavy atom. The highest BCUT2D eigenvalue weighted by Gasteiger charge is 1.83. The number of nitrogens with two attached hydrogens (primary N) is 2. The lowest BCUT2D eigenvalue weighted by Gasteiger charge is -1.94. The third-order valence-electron chi connectivity index (χ3n) is 0.761. The van der Waals surface area contributed by atoms with Gasteiger partial charge in [-0.05, 0) is 12.3 Å². The van der Waals surface area contributed by atoms with E-state index in [1.807, 2.05) is 0 Å². The highest BCUT2D eigenvalue weighted by atomic mass is 16.5. The summed E-state index contributed by atoms with van der Waals surface area (Å²) < 4.78 is 4.77. The van der Waals surface area contributed by atoms with Crippen LogP contribution in [-0.4, -0.2) is 13.4 Å². The lowest BCUT2D eigenvalue weighted by Crippen LogP contribution is -1.91. The van der Waals surface area contributed by atoms with E-state index < -0.39 is 0 Å². The van der Waals surface area contributed by atoms with Crippen LogP contribution in [-0.2, 0) is 4.74 Å². The Bertz CT molecular complexity index is 160. The highest BCUT2D eigenvalue weighted by Crippen LogP contribution is 1.94. The average Bonchev–Trinajstić information content (AvgIpc) is 1.98. The summed E-state index contributed by atoms with van der Waals surface area (Å²) in [5, 5.41) is 0. The van der Waals surface area contributed by atoms with Crippen LogP contribution in [0.4, 0.5) is 0 Å². The van der Waals surface area contributed by atoms with Gasteiger partial charge in [0.25, 0.3) is 0 Å². The van der Waals surface area contributed by atoms with Crippen molar-refractivity contribution < 1.29 is 4.74 Å². The van der Waals surface area contributed by atoms with Gasteiger partial charge in [0, 0.05) is 6.08 Å². The van der Waals surface area contributed by atoms with E-state index in [1.54, 1.807) is 12.2 Å². The minimum atomic E-state index is 0.421. The van der Waals surface area contributed by atoms with E-state index >= 15 is 0 Å². The molecular weight excluding hydrogens is 130 g/mol. The fourth-order valence-corrected chi connectivity index (χ4v) is 0.375. The molecule has 0 aromatic rings. The van der Waals surface area contributed by atoms with Crippen LogP contribution >= 0.6 is 0 Å². The molecule has 4 nitrogen and oxygen atoms in total. The van der Waals surface area contributed by atoms with Crippen LogP contribution in [0.1, 0.15) is 0 Å². The van der Waals surface area contributed by atoms with Crippen LogP contribution in [0.2, 0.25) is 0 Å². The van der Waals surface area contributed by atoms with Crippen molar-refractivity contribution in [3.05, 3.63) is 24.2 Å². The molecule has 56 valence electrons. The molecule has 0 atom stereocenters. The molecule has 0 spiro atoms. The Morgan fingerprint density at radius 2 is 2.20 bits per heavy atom. The van der Waals surface area contributed by atoms with Gasteiger partial charge < -0.3 is 16.2 Å². The number of allylic oxidation sites excluding steroid dienone is 2. The second-order valence-electron chi connectivity index (χ2n) is 1.37. The van der Waals surface area contributed by atoms with Crippen molar-refractivity contribution >= 4 is 6.34 Å². The number of ether oxygens (including phenoxy) is 1. The fraction of sp³-hybridized carbons (Fsp3) is 0.167. The van der Waals surface area contributed by atoms with Crippen LogP contribution < -0.4 is 11.5 Å². The zero-order chi connectivity index (χ0) is 7.82. The summed E-state index contributed by atoms with van der Waals surface area (Å²) in [7, 11) is 1.50. The molecule has 10 heavy (non-hydrogen) atoms. The normalized spacial score (nSPS) is 13.1.